The molecular formula is C17H23NO3. The number of likely N-dealkylation sites (tertiary alicyclic amines) is 1. The monoisotopic (exact) mass is 289 g/mol. The van der Waals surface area contributed by atoms with Gasteiger partial charge in [0.2, 0.25) is 5.91 Å². The van der Waals surface area contributed by atoms with Gasteiger partial charge < -0.3 is 14.4 Å². The number of amides is 1. The molecule has 4 heteroatoms. The van der Waals surface area contributed by atoms with Crippen LogP contribution in [-0.4, -0.2) is 36.4 Å². The van der Waals surface area contributed by atoms with Gasteiger partial charge in [0.1, 0.15) is 0 Å². The van der Waals surface area contributed by atoms with E-state index in [0.717, 1.165) is 32.4 Å². The third-order valence-electron chi connectivity index (χ3n) is 4.47. The molecule has 0 saturated carbocycles. The second kappa shape index (κ2) is 6.16. The first kappa shape index (κ1) is 14.5. The van der Waals surface area contributed by atoms with Crippen LogP contribution in [0.4, 0.5) is 0 Å². The maximum absolute atomic E-state index is 12.5. The van der Waals surface area contributed by atoms with Crippen molar-refractivity contribution in [3.05, 3.63) is 35.9 Å². The highest BCUT2D eigenvalue weighted by molar-refractivity contribution is 5.80. The lowest BCUT2D eigenvalue weighted by Gasteiger charge is -2.23. The molecule has 1 aromatic rings. The first-order valence-corrected chi connectivity index (χ1v) is 7.77. The largest absolute Gasteiger partial charge is 0.348 e. The summed E-state index contributed by atoms with van der Waals surface area (Å²) >= 11 is 0. The number of hydrogen-bond acceptors (Lipinski definition) is 3. The molecule has 2 fully saturated rings. The average molecular weight is 289 g/mol. The van der Waals surface area contributed by atoms with Crippen LogP contribution < -0.4 is 0 Å². The molecule has 2 aliphatic heterocycles. The summed E-state index contributed by atoms with van der Waals surface area (Å²) in [6, 6.07) is 10.2. The number of benzene rings is 1. The lowest BCUT2D eigenvalue weighted by atomic mass is 9.98. The van der Waals surface area contributed by atoms with Gasteiger partial charge in [0.25, 0.3) is 0 Å². The smallest absolute Gasteiger partial charge is 0.226 e. The van der Waals surface area contributed by atoms with Crippen LogP contribution in [0.25, 0.3) is 0 Å². The molecule has 0 spiro atoms. The van der Waals surface area contributed by atoms with Gasteiger partial charge in [0, 0.05) is 25.4 Å². The lowest BCUT2D eigenvalue weighted by molar-refractivity contribution is -0.151. The van der Waals surface area contributed by atoms with E-state index in [1.165, 1.54) is 5.56 Å². The number of carbonyl (C=O) groups excluding carboxylic acids is 1. The Labute approximate surface area is 126 Å². The van der Waals surface area contributed by atoms with Gasteiger partial charge in [-0.25, -0.2) is 0 Å². The molecule has 114 valence electrons. The summed E-state index contributed by atoms with van der Waals surface area (Å²) in [6.45, 7) is 4.88. The molecule has 1 amide bonds. The molecule has 2 heterocycles. The van der Waals surface area contributed by atoms with Crippen LogP contribution in [0.5, 0.6) is 0 Å². The quantitative estimate of drug-likeness (QED) is 0.836. The summed E-state index contributed by atoms with van der Waals surface area (Å²) in [4.78, 5) is 14.4. The van der Waals surface area contributed by atoms with Crippen molar-refractivity contribution in [1.82, 2.24) is 4.90 Å². The third-order valence-corrected chi connectivity index (χ3v) is 4.47. The molecule has 1 atom stereocenters. The topological polar surface area (TPSA) is 38.8 Å². The van der Waals surface area contributed by atoms with E-state index < -0.39 is 5.79 Å². The first-order chi connectivity index (χ1) is 10.2. The minimum atomic E-state index is -0.479. The SMILES string of the molecule is CC1(CCC2CCN(Cc3ccccc3)C2=O)OCCO1. The van der Waals surface area contributed by atoms with Crippen LogP contribution >= 0.6 is 0 Å². The highest BCUT2D eigenvalue weighted by Crippen LogP contribution is 2.30. The van der Waals surface area contributed by atoms with Gasteiger partial charge in [-0.2, -0.15) is 0 Å². The van der Waals surface area contributed by atoms with Crippen molar-refractivity contribution in [2.75, 3.05) is 19.8 Å². The molecule has 0 bridgehead atoms. The fraction of sp³-hybridized carbons (Fsp3) is 0.588. The summed E-state index contributed by atoms with van der Waals surface area (Å²) < 4.78 is 11.2. The predicted molar refractivity (Wildman–Crippen MR) is 79.5 cm³/mol. The normalized spacial score (nSPS) is 24.7. The summed E-state index contributed by atoms with van der Waals surface area (Å²) in [6.07, 6.45) is 2.59. The molecule has 0 aromatic heterocycles. The second-order valence-corrected chi connectivity index (χ2v) is 6.10. The second-order valence-electron chi connectivity index (χ2n) is 6.10. The maximum Gasteiger partial charge on any atom is 0.226 e. The lowest BCUT2D eigenvalue weighted by Crippen LogP contribution is -2.29. The van der Waals surface area contributed by atoms with Crippen LogP contribution in [0.1, 0.15) is 31.7 Å². The Hall–Kier alpha value is -1.39. The predicted octanol–water partition coefficient (Wildman–Crippen LogP) is 2.58. The van der Waals surface area contributed by atoms with Crippen molar-refractivity contribution in [3.8, 4) is 0 Å². The molecule has 2 aliphatic rings. The zero-order chi connectivity index (χ0) is 14.7. The minimum absolute atomic E-state index is 0.123. The van der Waals surface area contributed by atoms with Crippen LogP contribution in [0.15, 0.2) is 30.3 Å². The van der Waals surface area contributed by atoms with E-state index in [1.807, 2.05) is 30.0 Å². The van der Waals surface area contributed by atoms with E-state index in [9.17, 15) is 4.79 Å². The number of nitrogens with zero attached hydrogens (tertiary/aromatic N) is 1. The summed E-state index contributed by atoms with van der Waals surface area (Å²) in [5.74, 6) is -0.0774. The Morgan fingerprint density at radius 3 is 2.67 bits per heavy atom. The zero-order valence-corrected chi connectivity index (χ0v) is 12.6. The molecule has 1 unspecified atom stereocenters. The molecule has 3 rings (SSSR count). The average Bonchev–Trinajstić information content (AvgIpc) is 3.07. The van der Waals surface area contributed by atoms with Crippen LogP contribution in [0.3, 0.4) is 0 Å². The van der Waals surface area contributed by atoms with Gasteiger partial charge in [-0.15, -0.1) is 0 Å². The Kier molecular flexibility index (Phi) is 4.27. The molecule has 1 aromatic carbocycles. The summed E-state index contributed by atoms with van der Waals surface area (Å²) in [5.41, 5.74) is 1.20. The van der Waals surface area contributed by atoms with Crippen LogP contribution in [0, 0.1) is 5.92 Å². The van der Waals surface area contributed by atoms with Crippen molar-refractivity contribution in [2.45, 2.75) is 38.5 Å². The van der Waals surface area contributed by atoms with Crippen molar-refractivity contribution in [1.29, 1.82) is 0 Å². The molecule has 2 saturated heterocycles. The van der Waals surface area contributed by atoms with E-state index in [-0.39, 0.29) is 11.8 Å². The highest BCUT2D eigenvalue weighted by Gasteiger charge is 2.36. The van der Waals surface area contributed by atoms with Crippen molar-refractivity contribution in [2.24, 2.45) is 5.92 Å². The van der Waals surface area contributed by atoms with E-state index in [4.69, 9.17) is 9.47 Å². The van der Waals surface area contributed by atoms with Gasteiger partial charge in [-0.3, -0.25) is 4.79 Å². The third kappa shape index (κ3) is 3.44. The van der Waals surface area contributed by atoms with Crippen molar-refractivity contribution < 1.29 is 14.3 Å². The fourth-order valence-corrected chi connectivity index (χ4v) is 3.17. The molecular weight excluding hydrogens is 266 g/mol. The Morgan fingerprint density at radius 2 is 1.95 bits per heavy atom. The number of hydrogen-bond donors (Lipinski definition) is 0. The van der Waals surface area contributed by atoms with Crippen LogP contribution in [-0.2, 0) is 20.8 Å². The van der Waals surface area contributed by atoms with Gasteiger partial charge >= 0.3 is 0 Å². The van der Waals surface area contributed by atoms with Crippen molar-refractivity contribution in [3.63, 3.8) is 0 Å². The number of ether oxygens (including phenoxy) is 2. The molecule has 4 nitrogen and oxygen atoms in total. The Balaban J connectivity index is 1.51. The number of carbonyl (C=O) groups is 1. The van der Waals surface area contributed by atoms with E-state index >= 15 is 0 Å². The van der Waals surface area contributed by atoms with E-state index in [1.54, 1.807) is 0 Å². The Morgan fingerprint density at radius 1 is 1.24 bits per heavy atom. The summed E-state index contributed by atoms with van der Waals surface area (Å²) in [5, 5.41) is 0. The van der Waals surface area contributed by atoms with Gasteiger partial charge in [-0.05, 0) is 25.3 Å². The maximum atomic E-state index is 12.5. The first-order valence-electron chi connectivity index (χ1n) is 7.77. The van der Waals surface area contributed by atoms with E-state index in [0.29, 0.717) is 13.2 Å². The minimum Gasteiger partial charge on any atom is -0.348 e. The summed E-state index contributed by atoms with van der Waals surface area (Å²) in [7, 11) is 0. The Bertz CT molecular complexity index is 482. The molecule has 0 N–H and O–H groups in total. The molecule has 0 radical (unpaired) electrons. The number of rotatable bonds is 5. The molecule has 21 heavy (non-hydrogen) atoms. The van der Waals surface area contributed by atoms with Gasteiger partial charge in [-0.1, -0.05) is 30.3 Å². The van der Waals surface area contributed by atoms with Crippen molar-refractivity contribution >= 4 is 5.91 Å². The fourth-order valence-electron chi connectivity index (χ4n) is 3.17. The zero-order valence-electron chi connectivity index (χ0n) is 12.6. The molecule has 0 aliphatic carbocycles. The van der Waals surface area contributed by atoms with Gasteiger partial charge in [0.15, 0.2) is 5.79 Å². The van der Waals surface area contributed by atoms with Gasteiger partial charge in [0.05, 0.1) is 13.2 Å². The standard InChI is InChI=1S/C17H23NO3/c1-17(20-11-12-21-17)9-7-15-8-10-18(16(15)19)13-14-5-3-2-4-6-14/h2-6,15H,7-13H2,1H3. The van der Waals surface area contributed by atoms with Crippen LogP contribution in [0.2, 0.25) is 0 Å². The highest BCUT2D eigenvalue weighted by atomic mass is 16.7. The van der Waals surface area contributed by atoms with E-state index in [2.05, 4.69) is 12.1 Å².